The molecule has 0 aliphatic heterocycles. The second kappa shape index (κ2) is 8.73. The summed E-state index contributed by atoms with van der Waals surface area (Å²) in [6, 6.07) is 10.9. The van der Waals surface area contributed by atoms with Crippen LogP contribution in [0.25, 0.3) is 0 Å². The number of esters is 1. The van der Waals surface area contributed by atoms with E-state index in [0.29, 0.717) is 25.2 Å². The number of nitrogens with zero attached hydrogens (tertiary/aromatic N) is 1. The molecule has 1 N–H and O–H groups in total. The lowest BCUT2D eigenvalue weighted by Gasteiger charge is -2.04. The van der Waals surface area contributed by atoms with Gasteiger partial charge in [-0.1, -0.05) is 23.4 Å². The van der Waals surface area contributed by atoms with Crippen molar-refractivity contribution in [2.75, 3.05) is 11.9 Å². The van der Waals surface area contributed by atoms with Crippen LogP contribution in [0.3, 0.4) is 0 Å². The number of carbonyl (C=O) groups is 2. The molecule has 1 heterocycles. The number of carbonyl (C=O) groups excluding carboxylic acids is 2. The Morgan fingerprint density at radius 1 is 1.22 bits per heavy atom. The third-order valence-electron chi connectivity index (χ3n) is 3.18. The van der Waals surface area contributed by atoms with Gasteiger partial charge in [-0.25, -0.2) is 4.79 Å². The van der Waals surface area contributed by atoms with E-state index in [9.17, 15) is 9.59 Å². The highest BCUT2D eigenvalue weighted by atomic mass is 16.5. The lowest BCUT2D eigenvalue weighted by atomic mass is 10.1. The number of unbranched alkanes of at least 4 members (excludes halogenated alkanes) is 1. The van der Waals surface area contributed by atoms with Gasteiger partial charge in [0.2, 0.25) is 5.91 Å². The van der Waals surface area contributed by atoms with E-state index in [2.05, 4.69) is 10.5 Å². The van der Waals surface area contributed by atoms with Crippen LogP contribution >= 0.6 is 0 Å². The summed E-state index contributed by atoms with van der Waals surface area (Å²) in [5.41, 5.74) is 0.982. The van der Waals surface area contributed by atoms with Crippen LogP contribution in [0, 0.1) is 0 Å². The molecule has 0 unspecified atom stereocenters. The summed E-state index contributed by atoms with van der Waals surface area (Å²) in [5.74, 6) is 0.127. The minimum atomic E-state index is -0.482. The van der Waals surface area contributed by atoms with Crippen molar-refractivity contribution in [1.29, 1.82) is 0 Å². The average molecular weight is 316 g/mol. The summed E-state index contributed by atoms with van der Waals surface area (Å²) >= 11 is 0. The summed E-state index contributed by atoms with van der Waals surface area (Å²) in [6.45, 7) is 2.04. The van der Waals surface area contributed by atoms with Crippen molar-refractivity contribution in [3.63, 3.8) is 0 Å². The van der Waals surface area contributed by atoms with Gasteiger partial charge in [0.15, 0.2) is 5.69 Å². The fourth-order valence-corrected chi connectivity index (χ4v) is 2.06. The lowest BCUT2D eigenvalue weighted by Crippen LogP contribution is -2.10. The summed E-state index contributed by atoms with van der Waals surface area (Å²) in [7, 11) is 0. The van der Waals surface area contributed by atoms with Gasteiger partial charge in [-0.15, -0.1) is 0 Å². The van der Waals surface area contributed by atoms with E-state index in [-0.39, 0.29) is 11.6 Å². The molecule has 2 rings (SSSR count). The molecule has 0 aliphatic rings. The standard InChI is InChI=1S/C17H20N2O4/c1-2-22-17(21)15-12-14(23-19-15)10-6-7-11-16(20)18-13-8-4-3-5-9-13/h3-5,8-9,12H,2,6-7,10-11H2,1H3,(H,18,20). The monoisotopic (exact) mass is 316 g/mol. The lowest BCUT2D eigenvalue weighted by molar-refractivity contribution is -0.116. The molecule has 0 saturated carbocycles. The molecule has 23 heavy (non-hydrogen) atoms. The summed E-state index contributed by atoms with van der Waals surface area (Å²) < 4.78 is 9.92. The molecule has 0 spiro atoms. The number of hydrogen-bond acceptors (Lipinski definition) is 5. The van der Waals surface area contributed by atoms with Crippen molar-refractivity contribution in [2.45, 2.75) is 32.6 Å². The molecule has 0 bridgehead atoms. The number of aryl methyl sites for hydroxylation is 1. The topological polar surface area (TPSA) is 81.4 Å². The van der Waals surface area contributed by atoms with Gasteiger partial charge in [0, 0.05) is 24.6 Å². The number of amides is 1. The average Bonchev–Trinajstić information content (AvgIpc) is 3.02. The van der Waals surface area contributed by atoms with Crippen LogP contribution in [0.4, 0.5) is 5.69 Å². The van der Waals surface area contributed by atoms with Crippen molar-refractivity contribution in [3.05, 3.63) is 47.9 Å². The number of aromatic nitrogens is 1. The molecule has 1 aromatic carbocycles. The Balaban J connectivity index is 1.67. The summed E-state index contributed by atoms with van der Waals surface area (Å²) in [6.07, 6.45) is 2.58. The van der Waals surface area contributed by atoms with Gasteiger partial charge in [0.25, 0.3) is 0 Å². The Labute approximate surface area is 134 Å². The van der Waals surface area contributed by atoms with Gasteiger partial charge in [0.05, 0.1) is 6.61 Å². The number of nitrogens with one attached hydrogen (secondary N) is 1. The molecule has 0 saturated heterocycles. The van der Waals surface area contributed by atoms with Gasteiger partial charge in [-0.2, -0.15) is 0 Å². The molecule has 1 amide bonds. The highest BCUT2D eigenvalue weighted by Gasteiger charge is 2.13. The number of anilines is 1. The number of benzene rings is 1. The SMILES string of the molecule is CCOC(=O)c1cc(CCCCC(=O)Nc2ccccc2)on1. The Morgan fingerprint density at radius 2 is 2.00 bits per heavy atom. The first kappa shape index (κ1) is 16.7. The molecule has 6 heteroatoms. The Kier molecular flexibility index (Phi) is 6.35. The maximum Gasteiger partial charge on any atom is 0.360 e. The molecule has 6 nitrogen and oxygen atoms in total. The van der Waals surface area contributed by atoms with E-state index >= 15 is 0 Å². The number of hydrogen-bond donors (Lipinski definition) is 1. The van der Waals surface area contributed by atoms with E-state index in [0.717, 1.165) is 18.5 Å². The second-order valence-electron chi connectivity index (χ2n) is 5.02. The van der Waals surface area contributed by atoms with Crippen molar-refractivity contribution in [3.8, 4) is 0 Å². The van der Waals surface area contributed by atoms with Gasteiger partial charge < -0.3 is 14.6 Å². The minimum Gasteiger partial charge on any atom is -0.461 e. The van der Waals surface area contributed by atoms with E-state index in [4.69, 9.17) is 9.26 Å². The second-order valence-corrected chi connectivity index (χ2v) is 5.02. The van der Waals surface area contributed by atoms with Crippen LogP contribution in [-0.2, 0) is 16.0 Å². The first-order chi connectivity index (χ1) is 11.2. The molecule has 122 valence electrons. The quantitative estimate of drug-likeness (QED) is 0.597. The van der Waals surface area contributed by atoms with E-state index in [1.54, 1.807) is 13.0 Å². The zero-order valence-electron chi connectivity index (χ0n) is 13.1. The van der Waals surface area contributed by atoms with Crippen LogP contribution in [-0.4, -0.2) is 23.6 Å². The van der Waals surface area contributed by atoms with Crippen molar-refractivity contribution in [1.82, 2.24) is 5.16 Å². The molecule has 0 radical (unpaired) electrons. The normalized spacial score (nSPS) is 10.3. The predicted octanol–water partition coefficient (Wildman–Crippen LogP) is 3.20. The molecule has 0 atom stereocenters. The van der Waals surface area contributed by atoms with E-state index < -0.39 is 5.97 Å². The molecule has 0 aliphatic carbocycles. The van der Waals surface area contributed by atoms with Crippen molar-refractivity contribution < 1.29 is 18.8 Å². The molecular weight excluding hydrogens is 296 g/mol. The van der Waals surface area contributed by atoms with Crippen LogP contribution < -0.4 is 5.32 Å². The van der Waals surface area contributed by atoms with Gasteiger partial charge in [-0.05, 0) is 31.9 Å². The van der Waals surface area contributed by atoms with Crippen LogP contribution in [0.1, 0.15) is 42.4 Å². The maximum atomic E-state index is 11.8. The van der Waals surface area contributed by atoms with E-state index in [1.807, 2.05) is 30.3 Å². The zero-order chi connectivity index (χ0) is 16.5. The molecule has 1 aromatic heterocycles. The van der Waals surface area contributed by atoms with Gasteiger partial charge >= 0.3 is 5.97 Å². The van der Waals surface area contributed by atoms with Crippen molar-refractivity contribution >= 4 is 17.6 Å². The number of para-hydroxylation sites is 1. The van der Waals surface area contributed by atoms with Crippen LogP contribution in [0.15, 0.2) is 40.9 Å². The third kappa shape index (κ3) is 5.58. The van der Waals surface area contributed by atoms with Crippen molar-refractivity contribution in [2.24, 2.45) is 0 Å². The molecular formula is C17H20N2O4. The van der Waals surface area contributed by atoms with Gasteiger partial charge in [-0.3, -0.25) is 4.79 Å². The molecule has 0 fully saturated rings. The highest BCUT2D eigenvalue weighted by Crippen LogP contribution is 2.11. The smallest absolute Gasteiger partial charge is 0.360 e. The van der Waals surface area contributed by atoms with Gasteiger partial charge in [0.1, 0.15) is 5.76 Å². The Morgan fingerprint density at radius 3 is 2.74 bits per heavy atom. The Bertz CT molecular complexity index is 637. The van der Waals surface area contributed by atoms with Crippen LogP contribution in [0.5, 0.6) is 0 Å². The fraction of sp³-hybridized carbons (Fsp3) is 0.353. The first-order valence-electron chi connectivity index (χ1n) is 7.66. The van der Waals surface area contributed by atoms with E-state index in [1.165, 1.54) is 0 Å². The third-order valence-corrected chi connectivity index (χ3v) is 3.18. The predicted molar refractivity (Wildman–Crippen MR) is 85.1 cm³/mol. The Hall–Kier alpha value is -2.63. The molecule has 2 aromatic rings. The summed E-state index contributed by atoms with van der Waals surface area (Å²) in [4.78, 5) is 23.2. The fourth-order valence-electron chi connectivity index (χ4n) is 2.06. The largest absolute Gasteiger partial charge is 0.461 e. The van der Waals surface area contributed by atoms with Crippen LogP contribution in [0.2, 0.25) is 0 Å². The number of rotatable bonds is 8. The highest BCUT2D eigenvalue weighted by molar-refractivity contribution is 5.90. The number of ether oxygens (including phenoxy) is 1. The maximum absolute atomic E-state index is 11.8. The first-order valence-corrected chi connectivity index (χ1v) is 7.66. The zero-order valence-corrected chi connectivity index (χ0v) is 13.1. The minimum absolute atomic E-state index is 0.0130. The summed E-state index contributed by atoms with van der Waals surface area (Å²) in [5, 5.41) is 6.51.